The maximum absolute atomic E-state index is 10.1. The fraction of sp³-hybridized carbons (Fsp3) is 0.0909. The van der Waals surface area contributed by atoms with Gasteiger partial charge in [0.25, 0.3) is 0 Å². The number of rotatable bonds is 6. The summed E-state index contributed by atoms with van der Waals surface area (Å²) in [5.74, 6) is 0.524. The molecule has 0 amide bonds. The molecule has 4 rings (SSSR count). The monoisotopic (exact) mass is 372 g/mol. The van der Waals surface area contributed by atoms with Crippen molar-refractivity contribution in [3.8, 4) is 11.5 Å². The molecule has 2 aromatic carbocycles. The summed E-state index contributed by atoms with van der Waals surface area (Å²) in [6.07, 6.45) is 14.6. The van der Waals surface area contributed by atoms with Crippen molar-refractivity contribution in [2.24, 2.45) is 0 Å². The molecule has 0 bridgehead atoms. The van der Waals surface area contributed by atoms with Crippen LogP contribution >= 0.6 is 0 Å². The van der Waals surface area contributed by atoms with Gasteiger partial charge in [-0.3, -0.25) is 0 Å². The first-order chi connectivity index (χ1) is 13.7. The Hall–Kier alpha value is -3.80. The van der Waals surface area contributed by atoms with E-state index in [0.29, 0.717) is 13.1 Å². The molecule has 0 fully saturated rings. The van der Waals surface area contributed by atoms with Crippen LogP contribution in [0.2, 0.25) is 0 Å². The molecule has 2 aromatic heterocycles. The second kappa shape index (κ2) is 7.84. The maximum Gasteiger partial charge on any atom is 0.120 e. The zero-order valence-corrected chi connectivity index (χ0v) is 15.2. The van der Waals surface area contributed by atoms with E-state index in [9.17, 15) is 10.2 Å². The molecule has 0 saturated heterocycles. The molecule has 0 radical (unpaired) electrons. The van der Waals surface area contributed by atoms with Crippen molar-refractivity contribution in [1.82, 2.24) is 19.1 Å². The molecule has 0 atom stereocenters. The van der Waals surface area contributed by atoms with Gasteiger partial charge in [-0.1, -0.05) is 24.3 Å². The highest BCUT2D eigenvalue weighted by Crippen LogP contribution is 2.23. The standard InChI is InChI=1S/C22H20N4O2/c27-21-5-3-17(11-19(21)13-25-9-7-23-15-25)1-2-18-4-6-22(28)20(12-18)14-26-10-8-24-16-26/h1-12,15-16,27-28H,13-14H2. The largest absolute Gasteiger partial charge is 0.508 e. The number of phenols is 2. The van der Waals surface area contributed by atoms with Crippen LogP contribution in [0.3, 0.4) is 0 Å². The predicted octanol–water partition coefficient (Wildman–Crippen LogP) is 3.76. The van der Waals surface area contributed by atoms with Crippen molar-refractivity contribution in [2.45, 2.75) is 13.1 Å². The quantitative estimate of drug-likeness (QED) is 0.505. The summed E-state index contributed by atoms with van der Waals surface area (Å²) in [6, 6.07) is 11.1. The van der Waals surface area contributed by atoms with E-state index in [2.05, 4.69) is 9.97 Å². The molecule has 0 spiro atoms. The van der Waals surface area contributed by atoms with Crippen molar-refractivity contribution in [3.05, 3.63) is 96.1 Å². The van der Waals surface area contributed by atoms with Gasteiger partial charge in [-0.15, -0.1) is 0 Å². The van der Waals surface area contributed by atoms with Crippen molar-refractivity contribution in [2.75, 3.05) is 0 Å². The lowest BCUT2D eigenvalue weighted by Gasteiger charge is -2.08. The molecule has 0 aliphatic rings. The van der Waals surface area contributed by atoms with Crippen LogP contribution in [0.4, 0.5) is 0 Å². The van der Waals surface area contributed by atoms with Gasteiger partial charge in [-0.25, -0.2) is 9.97 Å². The summed E-state index contributed by atoms with van der Waals surface area (Å²) in [5.41, 5.74) is 3.62. The third kappa shape index (κ3) is 4.12. The normalized spacial score (nSPS) is 11.3. The number of hydrogen-bond acceptors (Lipinski definition) is 4. The fourth-order valence-corrected chi connectivity index (χ4v) is 3.02. The highest BCUT2D eigenvalue weighted by Gasteiger charge is 2.04. The van der Waals surface area contributed by atoms with E-state index in [1.807, 2.05) is 57.9 Å². The van der Waals surface area contributed by atoms with E-state index < -0.39 is 0 Å². The molecule has 28 heavy (non-hydrogen) atoms. The predicted molar refractivity (Wildman–Crippen MR) is 108 cm³/mol. The van der Waals surface area contributed by atoms with Gasteiger partial charge in [0.05, 0.1) is 25.7 Å². The van der Waals surface area contributed by atoms with Crippen LogP contribution in [0.1, 0.15) is 22.3 Å². The van der Waals surface area contributed by atoms with Crippen molar-refractivity contribution in [1.29, 1.82) is 0 Å². The third-order valence-electron chi connectivity index (χ3n) is 4.50. The van der Waals surface area contributed by atoms with Gasteiger partial charge in [-0.05, 0) is 35.4 Å². The molecule has 4 aromatic rings. The summed E-state index contributed by atoms with van der Waals surface area (Å²) in [5, 5.41) is 20.2. The first-order valence-electron chi connectivity index (χ1n) is 8.91. The van der Waals surface area contributed by atoms with Gasteiger partial charge in [0.2, 0.25) is 0 Å². The van der Waals surface area contributed by atoms with E-state index in [0.717, 1.165) is 22.3 Å². The summed E-state index contributed by atoms with van der Waals surface area (Å²) >= 11 is 0. The van der Waals surface area contributed by atoms with Gasteiger partial charge in [0, 0.05) is 35.9 Å². The Kier molecular flexibility index (Phi) is 4.93. The smallest absolute Gasteiger partial charge is 0.120 e. The van der Waals surface area contributed by atoms with E-state index in [1.165, 1.54) is 0 Å². The summed E-state index contributed by atoms with van der Waals surface area (Å²) in [7, 11) is 0. The van der Waals surface area contributed by atoms with Gasteiger partial charge in [0.15, 0.2) is 0 Å². The van der Waals surface area contributed by atoms with Crippen molar-refractivity contribution >= 4 is 12.2 Å². The van der Waals surface area contributed by atoms with Crippen molar-refractivity contribution < 1.29 is 10.2 Å². The van der Waals surface area contributed by atoms with Gasteiger partial charge in [-0.2, -0.15) is 0 Å². The number of imidazole rings is 2. The van der Waals surface area contributed by atoms with Gasteiger partial charge in [0.1, 0.15) is 11.5 Å². The minimum absolute atomic E-state index is 0.262. The maximum atomic E-state index is 10.1. The van der Waals surface area contributed by atoms with Crippen LogP contribution < -0.4 is 0 Å². The lowest BCUT2D eigenvalue weighted by atomic mass is 10.1. The first-order valence-corrected chi connectivity index (χ1v) is 8.91. The van der Waals surface area contributed by atoms with Crippen LogP contribution in [-0.2, 0) is 13.1 Å². The second-order valence-corrected chi connectivity index (χ2v) is 6.58. The minimum atomic E-state index is 0.262. The zero-order valence-electron chi connectivity index (χ0n) is 15.2. The number of nitrogens with zero attached hydrogens (tertiary/aromatic N) is 4. The van der Waals surface area contributed by atoms with E-state index in [4.69, 9.17) is 0 Å². The number of hydrogen-bond donors (Lipinski definition) is 2. The number of phenolic OH excluding ortho intramolecular Hbond substituents is 2. The minimum Gasteiger partial charge on any atom is -0.508 e. The molecular formula is C22H20N4O2. The molecule has 2 heterocycles. The van der Waals surface area contributed by atoms with E-state index in [-0.39, 0.29) is 11.5 Å². The SMILES string of the molecule is Oc1ccc(C=Cc2ccc(O)c(Cn3ccnc3)c2)cc1Cn1ccnc1. The van der Waals surface area contributed by atoms with Gasteiger partial charge >= 0.3 is 0 Å². The van der Waals surface area contributed by atoms with E-state index in [1.54, 1.807) is 37.2 Å². The van der Waals surface area contributed by atoms with E-state index >= 15 is 0 Å². The van der Waals surface area contributed by atoms with Crippen LogP contribution in [0.15, 0.2) is 73.8 Å². The molecule has 0 unspecified atom stereocenters. The molecule has 2 N–H and O–H groups in total. The Balaban J connectivity index is 1.54. The lowest BCUT2D eigenvalue weighted by molar-refractivity contribution is 0.465. The Morgan fingerprint density at radius 1 is 0.714 bits per heavy atom. The zero-order chi connectivity index (χ0) is 19.3. The third-order valence-corrected chi connectivity index (χ3v) is 4.50. The molecule has 0 saturated carbocycles. The first kappa shape index (κ1) is 17.6. The topological polar surface area (TPSA) is 76.1 Å². The summed E-state index contributed by atoms with van der Waals surface area (Å²) in [6.45, 7) is 1.11. The molecule has 0 aliphatic carbocycles. The van der Waals surface area contributed by atoms with Crippen LogP contribution in [-0.4, -0.2) is 29.3 Å². The summed E-state index contributed by atoms with van der Waals surface area (Å²) in [4.78, 5) is 8.06. The Bertz CT molecular complexity index is 996. The lowest BCUT2D eigenvalue weighted by Crippen LogP contribution is -1.97. The summed E-state index contributed by atoms with van der Waals surface area (Å²) < 4.78 is 3.82. The number of benzene rings is 2. The Morgan fingerprint density at radius 3 is 1.57 bits per heavy atom. The van der Waals surface area contributed by atoms with Crippen LogP contribution in [0.25, 0.3) is 12.2 Å². The average molecular weight is 372 g/mol. The highest BCUT2D eigenvalue weighted by atomic mass is 16.3. The van der Waals surface area contributed by atoms with Gasteiger partial charge < -0.3 is 19.3 Å². The molecule has 6 heteroatoms. The fourth-order valence-electron chi connectivity index (χ4n) is 3.02. The van der Waals surface area contributed by atoms with Crippen LogP contribution in [0.5, 0.6) is 11.5 Å². The highest BCUT2D eigenvalue weighted by molar-refractivity contribution is 5.71. The molecule has 0 aliphatic heterocycles. The van der Waals surface area contributed by atoms with Crippen molar-refractivity contribution in [3.63, 3.8) is 0 Å². The molecule has 140 valence electrons. The number of aromatic nitrogens is 4. The molecule has 6 nitrogen and oxygen atoms in total. The molecular weight excluding hydrogens is 352 g/mol. The Labute approximate surface area is 162 Å². The van der Waals surface area contributed by atoms with Crippen LogP contribution in [0, 0.1) is 0 Å². The number of aromatic hydroxyl groups is 2. The average Bonchev–Trinajstić information content (AvgIpc) is 3.39. The second-order valence-electron chi connectivity index (χ2n) is 6.58. The Morgan fingerprint density at radius 2 is 1.18 bits per heavy atom.